The molecule has 0 aliphatic carbocycles. The van der Waals surface area contributed by atoms with Gasteiger partial charge in [-0.3, -0.25) is 14.6 Å². The number of pyridine rings is 2. The van der Waals surface area contributed by atoms with E-state index in [2.05, 4.69) is 15.0 Å². The first-order valence-corrected chi connectivity index (χ1v) is 9.81. The second-order valence-corrected chi connectivity index (χ2v) is 7.98. The number of likely N-dealkylation sites (tertiary alicyclic amines) is 2. The van der Waals surface area contributed by atoms with E-state index in [1.165, 1.54) is 0 Å². The zero-order chi connectivity index (χ0) is 20.0. The van der Waals surface area contributed by atoms with Gasteiger partial charge in [-0.2, -0.15) is 0 Å². The van der Waals surface area contributed by atoms with E-state index in [4.69, 9.17) is 0 Å². The molecule has 0 radical (unpaired) electrons. The Labute approximate surface area is 168 Å². The molecular formula is C21H22N6O2. The highest BCUT2D eigenvalue weighted by Gasteiger charge is 2.51. The van der Waals surface area contributed by atoms with Crippen LogP contribution in [-0.4, -0.2) is 60.8 Å². The van der Waals surface area contributed by atoms with Crippen LogP contribution in [-0.2, 0) is 18.4 Å². The van der Waals surface area contributed by atoms with E-state index in [1.54, 1.807) is 29.7 Å². The Morgan fingerprint density at radius 2 is 2.03 bits per heavy atom. The van der Waals surface area contributed by atoms with Crippen molar-refractivity contribution in [3.8, 4) is 0 Å². The Morgan fingerprint density at radius 1 is 1.17 bits per heavy atom. The quantitative estimate of drug-likeness (QED) is 0.679. The highest BCUT2D eigenvalue weighted by atomic mass is 16.2. The number of hydrogen-bond acceptors (Lipinski definition) is 5. The van der Waals surface area contributed by atoms with Crippen LogP contribution in [0.5, 0.6) is 0 Å². The number of imidazole rings is 1. The minimum absolute atomic E-state index is 0.0853. The highest BCUT2D eigenvalue weighted by molar-refractivity contribution is 5.97. The lowest BCUT2D eigenvalue weighted by molar-refractivity contribution is -0.135. The van der Waals surface area contributed by atoms with Crippen molar-refractivity contribution in [1.29, 1.82) is 0 Å². The van der Waals surface area contributed by atoms with Crippen LogP contribution in [0.15, 0.2) is 43.0 Å². The van der Waals surface area contributed by atoms with Crippen LogP contribution in [0.2, 0.25) is 0 Å². The molecule has 8 nitrogen and oxygen atoms in total. The number of hydrogen-bond donors (Lipinski definition) is 0. The SMILES string of the molecule is Cn1cnc2cc(C(=O)N3CCC4(CCN(Cc5ccccn5)C4=O)C3)cnc21. The lowest BCUT2D eigenvalue weighted by Crippen LogP contribution is -2.38. The second kappa shape index (κ2) is 6.65. The number of aromatic nitrogens is 4. The first kappa shape index (κ1) is 17.8. The average molecular weight is 390 g/mol. The van der Waals surface area contributed by atoms with Crippen LogP contribution < -0.4 is 0 Å². The van der Waals surface area contributed by atoms with Gasteiger partial charge < -0.3 is 14.4 Å². The summed E-state index contributed by atoms with van der Waals surface area (Å²) in [7, 11) is 1.87. The molecule has 0 saturated carbocycles. The summed E-state index contributed by atoms with van der Waals surface area (Å²) in [4.78, 5) is 42.8. The topological polar surface area (TPSA) is 84.2 Å². The maximum absolute atomic E-state index is 13.2. The van der Waals surface area contributed by atoms with Crippen LogP contribution in [0.3, 0.4) is 0 Å². The Balaban J connectivity index is 1.31. The number of carbonyl (C=O) groups is 2. The number of rotatable bonds is 3. The van der Waals surface area contributed by atoms with Crippen molar-refractivity contribution in [3.05, 3.63) is 54.2 Å². The molecule has 0 aromatic carbocycles. The number of carbonyl (C=O) groups excluding carboxylic acids is 2. The fraction of sp³-hybridized carbons (Fsp3) is 0.381. The van der Waals surface area contributed by atoms with Crippen molar-refractivity contribution < 1.29 is 9.59 Å². The van der Waals surface area contributed by atoms with Crippen molar-refractivity contribution in [2.45, 2.75) is 19.4 Å². The molecule has 148 valence electrons. The second-order valence-electron chi connectivity index (χ2n) is 7.98. The molecule has 2 aliphatic heterocycles. The predicted octanol–water partition coefficient (Wildman–Crippen LogP) is 1.63. The Bertz CT molecular complexity index is 1100. The van der Waals surface area contributed by atoms with Crippen molar-refractivity contribution in [2.75, 3.05) is 19.6 Å². The third-order valence-corrected chi connectivity index (χ3v) is 6.12. The molecule has 5 rings (SSSR count). The van der Waals surface area contributed by atoms with E-state index >= 15 is 0 Å². The van der Waals surface area contributed by atoms with Crippen molar-refractivity contribution >= 4 is 23.0 Å². The molecule has 1 unspecified atom stereocenters. The molecule has 3 aromatic heterocycles. The lowest BCUT2D eigenvalue weighted by Gasteiger charge is -2.23. The lowest BCUT2D eigenvalue weighted by atomic mass is 9.85. The van der Waals surface area contributed by atoms with Crippen molar-refractivity contribution in [3.63, 3.8) is 0 Å². The molecule has 8 heteroatoms. The van der Waals surface area contributed by atoms with Gasteiger partial charge in [-0.05, 0) is 31.0 Å². The molecule has 2 saturated heterocycles. The molecule has 2 fully saturated rings. The summed E-state index contributed by atoms with van der Waals surface area (Å²) >= 11 is 0. The van der Waals surface area contributed by atoms with Crippen LogP contribution in [0, 0.1) is 5.41 Å². The highest BCUT2D eigenvalue weighted by Crippen LogP contribution is 2.41. The molecule has 2 amide bonds. The Morgan fingerprint density at radius 3 is 2.86 bits per heavy atom. The maximum Gasteiger partial charge on any atom is 0.255 e. The summed E-state index contributed by atoms with van der Waals surface area (Å²) in [5, 5.41) is 0. The summed E-state index contributed by atoms with van der Waals surface area (Å²) in [6, 6.07) is 7.51. The number of fused-ring (bicyclic) bond motifs is 1. The van der Waals surface area contributed by atoms with E-state index in [0.29, 0.717) is 43.7 Å². The van der Waals surface area contributed by atoms with Crippen LogP contribution >= 0.6 is 0 Å². The molecule has 0 bridgehead atoms. The summed E-state index contributed by atoms with van der Waals surface area (Å²) < 4.78 is 1.82. The third kappa shape index (κ3) is 2.95. The zero-order valence-corrected chi connectivity index (χ0v) is 16.3. The number of amides is 2. The fourth-order valence-corrected chi connectivity index (χ4v) is 4.47. The largest absolute Gasteiger partial charge is 0.337 e. The number of nitrogens with zero attached hydrogens (tertiary/aromatic N) is 6. The summed E-state index contributed by atoms with van der Waals surface area (Å²) in [5.41, 5.74) is 2.39. The Hall–Kier alpha value is -3.29. The summed E-state index contributed by atoms with van der Waals surface area (Å²) in [6.07, 6.45) is 6.51. The van der Waals surface area contributed by atoms with Gasteiger partial charge in [0.2, 0.25) is 5.91 Å². The van der Waals surface area contributed by atoms with Gasteiger partial charge in [-0.15, -0.1) is 0 Å². The fourth-order valence-electron chi connectivity index (χ4n) is 4.47. The van der Waals surface area contributed by atoms with E-state index < -0.39 is 5.41 Å². The van der Waals surface area contributed by atoms with Gasteiger partial charge in [0.15, 0.2) is 5.65 Å². The van der Waals surface area contributed by atoms with Gasteiger partial charge in [-0.1, -0.05) is 6.07 Å². The van der Waals surface area contributed by atoms with Crippen molar-refractivity contribution in [2.24, 2.45) is 12.5 Å². The monoisotopic (exact) mass is 390 g/mol. The molecule has 29 heavy (non-hydrogen) atoms. The van der Waals surface area contributed by atoms with Gasteiger partial charge in [0.1, 0.15) is 5.52 Å². The van der Waals surface area contributed by atoms with Gasteiger partial charge in [-0.25, -0.2) is 9.97 Å². The summed E-state index contributed by atoms with van der Waals surface area (Å²) in [6.45, 7) is 2.28. The minimum atomic E-state index is -0.465. The third-order valence-electron chi connectivity index (χ3n) is 6.12. The van der Waals surface area contributed by atoms with Gasteiger partial charge in [0.05, 0.1) is 29.5 Å². The minimum Gasteiger partial charge on any atom is -0.337 e. The Kier molecular flexibility index (Phi) is 4.08. The number of aryl methyl sites for hydroxylation is 1. The van der Waals surface area contributed by atoms with Gasteiger partial charge in [0, 0.05) is 39.1 Å². The van der Waals surface area contributed by atoms with E-state index in [-0.39, 0.29) is 11.8 Å². The first-order chi connectivity index (χ1) is 14.1. The van der Waals surface area contributed by atoms with E-state index in [0.717, 1.165) is 17.8 Å². The van der Waals surface area contributed by atoms with E-state index in [9.17, 15) is 9.59 Å². The molecule has 5 heterocycles. The first-order valence-electron chi connectivity index (χ1n) is 9.81. The van der Waals surface area contributed by atoms with Gasteiger partial charge in [0.25, 0.3) is 5.91 Å². The molecule has 2 aliphatic rings. The summed E-state index contributed by atoms with van der Waals surface area (Å²) in [5.74, 6) is 0.0506. The van der Waals surface area contributed by atoms with Crippen LogP contribution in [0.1, 0.15) is 28.9 Å². The van der Waals surface area contributed by atoms with E-state index in [1.807, 2.05) is 34.7 Å². The zero-order valence-electron chi connectivity index (χ0n) is 16.3. The van der Waals surface area contributed by atoms with Crippen LogP contribution in [0.25, 0.3) is 11.2 Å². The molecular weight excluding hydrogens is 368 g/mol. The molecule has 3 aromatic rings. The predicted molar refractivity (Wildman–Crippen MR) is 106 cm³/mol. The molecule has 1 atom stereocenters. The molecule has 1 spiro atoms. The van der Waals surface area contributed by atoms with Crippen molar-refractivity contribution in [1.82, 2.24) is 29.3 Å². The van der Waals surface area contributed by atoms with Crippen LogP contribution in [0.4, 0.5) is 0 Å². The smallest absolute Gasteiger partial charge is 0.255 e. The average Bonchev–Trinajstić information content (AvgIpc) is 3.43. The standard InChI is InChI=1S/C21H22N6O2/c1-25-14-24-17-10-15(11-23-18(17)25)19(28)27-9-6-21(13-27)5-8-26(20(21)29)12-16-4-2-3-7-22-16/h2-4,7,10-11,14H,5-6,8-9,12-13H2,1H3. The molecule has 0 N–H and O–H groups in total. The van der Waals surface area contributed by atoms with Gasteiger partial charge >= 0.3 is 0 Å². The maximum atomic E-state index is 13.2. The normalized spacial score (nSPS) is 21.6.